The van der Waals surface area contributed by atoms with E-state index in [2.05, 4.69) is 5.32 Å². The number of ether oxygens (including phenoxy) is 1. The molecule has 1 atom stereocenters. The van der Waals surface area contributed by atoms with Gasteiger partial charge in [0.2, 0.25) is 5.91 Å². The Balaban J connectivity index is 2.29. The van der Waals surface area contributed by atoms with Gasteiger partial charge in [-0.05, 0) is 25.5 Å². The van der Waals surface area contributed by atoms with Gasteiger partial charge in [0.25, 0.3) is 5.91 Å². The molecule has 1 fully saturated rings. The van der Waals surface area contributed by atoms with Crippen molar-refractivity contribution in [1.82, 2.24) is 10.2 Å². The maximum Gasteiger partial charge on any atom is 0.257 e. The smallest absolute Gasteiger partial charge is 0.257 e. The monoisotopic (exact) mass is 291 g/mol. The molecule has 0 radical (unpaired) electrons. The lowest BCUT2D eigenvalue weighted by molar-refractivity contribution is -0.130. The van der Waals surface area contributed by atoms with Crippen LogP contribution in [0, 0.1) is 6.92 Å². The number of hydrogen-bond donors (Lipinski definition) is 2. The molecule has 1 saturated heterocycles. The van der Waals surface area contributed by atoms with Gasteiger partial charge in [-0.25, -0.2) is 0 Å². The fraction of sp³-hybridized carbons (Fsp3) is 0.467. The number of anilines is 1. The molecule has 0 aromatic heterocycles. The van der Waals surface area contributed by atoms with Crippen molar-refractivity contribution in [3.8, 4) is 0 Å². The Kier molecular flexibility index (Phi) is 4.80. The van der Waals surface area contributed by atoms with Crippen LogP contribution in [0.5, 0.6) is 0 Å². The molecule has 0 bridgehead atoms. The van der Waals surface area contributed by atoms with E-state index < -0.39 is 6.04 Å². The SMILES string of the molecule is CCNC(=O)C1COCCN1C(=O)c1c(C)cccc1N. The van der Waals surface area contributed by atoms with Gasteiger partial charge in [-0.15, -0.1) is 0 Å². The summed E-state index contributed by atoms with van der Waals surface area (Å²) in [4.78, 5) is 26.4. The average Bonchev–Trinajstić information content (AvgIpc) is 2.47. The highest BCUT2D eigenvalue weighted by Crippen LogP contribution is 2.21. The van der Waals surface area contributed by atoms with Crippen molar-refractivity contribution in [2.24, 2.45) is 0 Å². The molecular weight excluding hydrogens is 270 g/mol. The number of benzene rings is 1. The Labute approximate surface area is 124 Å². The van der Waals surface area contributed by atoms with E-state index >= 15 is 0 Å². The summed E-state index contributed by atoms with van der Waals surface area (Å²) in [6.07, 6.45) is 0. The Morgan fingerprint density at radius 3 is 2.90 bits per heavy atom. The zero-order valence-corrected chi connectivity index (χ0v) is 12.4. The molecule has 0 aliphatic carbocycles. The van der Waals surface area contributed by atoms with Crippen molar-refractivity contribution >= 4 is 17.5 Å². The standard InChI is InChI=1S/C15H21N3O3/c1-3-17-14(19)12-9-21-8-7-18(12)15(20)13-10(2)5-4-6-11(13)16/h4-6,12H,3,7-9,16H2,1-2H3,(H,17,19). The number of morpholine rings is 1. The number of likely N-dealkylation sites (N-methyl/N-ethyl adjacent to an activating group) is 1. The van der Waals surface area contributed by atoms with Crippen LogP contribution in [0.4, 0.5) is 5.69 Å². The summed E-state index contributed by atoms with van der Waals surface area (Å²) in [5.41, 5.74) is 7.63. The van der Waals surface area contributed by atoms with Gasteiger partial charge in [-0.3, -0.25) is 9.59 Å². The summed E-state index contributed by atoms with van der Waals surface area (Å²) < 4.78 is 5.34. The van der Waals surface area contributed by atoms with E-state index in [0.29, 0.717) is 30.9 Å². The van der Waals surface area contributed by atoms with Crippen LogP contribution >= 0.6 is 0 Å². The van der Waals surface area contributed by atoms with Crippen molar-refractivity contribution < 1.29 is 14.3 Å². The molecule has 1 heterocycles. The summed E-state index contributed by atoms with van der Waals surface area (Å²) in [6, 6.07) is 4.74. The Bertz CT molecular complexity index is 525. The number of nitrogens with one attached hydrogen (secondary N) is 1. The van der Waals surface area contributed by atoms with Gasteiger partial charge in [0.05, 0.1) is 18.8 Å². The van der Waals surface area contributed by atoms with Crippen molar-refractivity contribution in [1.29, 1.82) is 0 Å². The molecule has 2 rings (SSSR count). The van der Waals surface area contributed by atoms with Crippen LogP contribution in [0.2, 0.25) is 0 Å². The van der Waals surface area contributed by atoms with Crippen LogP contribution in [0.1, 0.15) is 22.8 Å². The third-order valence-electron chi connectivity index (χ3n) is 3.56. The second-order valence-corrected chi connectivity index (χ2v) is 5.02. The van der Waals surface area contributed by atoms with E-state index in [1.54, 1.807) is 11.0 Å². The first-order chi connectivity index (χ1) is 10.1. The number of nitrogens with two attached hydrogens (primary N) is 1. The first-order valence-electron chi connectivity index (χ1n) is 7.07. The molecule has 114 valence electrons. The Morgan fingerprint density at radius 1 is 1.48 bits per heavy atom. The van der Waals surface area contributed by atoms with Crippen LogP contribution in [-0.2, 0) is 9.53 Å². The average molecular weight is 291 g/mol. The lowest BCUT2D eigenvalue weighted by Crippen LogP contribution is -2.56. The van der Waals surface area contributed by atoms with Crippen molar-refractivity contribution in [3.05, 3.63) is 29.3 Å². The third kappa shape index (κ3) is 3.16. The first-order valence-corrected chi connectivity index (χ1v) is 7.07. The highest BCUT2D eigenvalue weighted by molar-refractivity contribution is 6.02. The minimum absolute atomic E-state index is 0.197. The maximum absolute atomic E-state index is 12.8. The van der Waals surface area contributed by atoms with Gasteiger partial charge in [-0.2, -0.15) is 0 Å². The van der Waals surface area contributed by atoms with Crippen molar-refractivity contribution in [2.75, 3.05) is 32.0 Å². The van der Waals surface area contributed by atoms with Gasteiger partial charge in [0.15, 0.2) is 0 Å². The lowest BCUT2D eigenvalue weighted by Gasteiger charge is -2.35. The molecule has 1 aromatic rings. The van der Waals surface area contributed by atoms with E-state index in [1.165, 1.54) is 0 Å². The summed E-state index contributed by atoms with van der Waals surface area (Å²) >= 11 is 0. The molecule has 3 N–H and O–H groups in total. The van der Waals surface area contributed by atoms with Crippen LogP contribution in [0.15, 0.2) is 18.2 Å². The summed E-state index contributed by atoms with van der Waals surface area (Å²) in [7, 11) is 0. The maximum atomic E-state index is 12.8. The molecule has 21 heavy (non-hydrogen) atoms. The van der Waals surface area contributed by atoms with Gasteiger partial charge in [-0.1, -0.05) is 12.1 Å². The van der Waals surface area contributed by atoms with E-state index in [-0.39, 0.29) is 18.4 Å². The largest absolute Gasteiger partial charge is 0.398 e. The number of nitrogen functional groups attached to an aromatic ring is 1. The Morgan fingerprint density at radius 2 is 2.24 bits per heavy atom. The van der Waals surface area contributed by atoms with Crippen LogP contribution in [0.3, 0.4) is 0 Å². The molecule has 1 aromatic carbocycles. The lowest BCUT2D eigenvalue weighted by atomic mass is 10.0. The van der Waals surface area contributed by atoms with E-state index in [4.69, 9.17) is 10.5 Å². The Hall–Kier alpha value is -2.08. The third-order valence-corrected chi connectivity index (χ3v) is 3.56. The van der Waals surface area contributed by atoms with Crippen molar-refractivity contribution in [2.45, 2.75) is 19.9 Å². The summed E-state index contributed by atoms with van der Waals surface area (Å²) in [5.74, 6) is -0.414. The second-order valence-electron chi connectivity index (χ2n) is 5.02. The summed E-state index contributed by atoms with van der Waals surface area (Å²) in [5, 5.41) is 2.74. The molecule has 1 aliphatic rings. The predicted molar refractivity (Wildman–Crippen MR) is 79.9 cm³/mol. The number of rotatable bonds is 3. The second kappa shape index (κ2) is 6.58. The number of nitrogens with zero attached hydrogens (tertiary/aromatic N) is 1. The van der Waals surface area contributed by atoms with E-state index in [1.807, 2.05) is 26.0 Å². The van der Waals surface area contributed by atoms with Crippen LogP contribution < -0.4 is 11.1 Å². The first kappa shape index (κ1) is 15.3. The molecule has 0 saturated carbocycles. The van der Waals surface area contributed by atoms with Gasteiger partial charge < -0.3 is 20.7 Å². The quantitative estimate of drug-likeness (QED) is 0.797. The molecule has 1 unspecified atom stereocenters. The van der Waals surface area contributed by atoms with Crippen molar-refractivity contribution in [3.63, 3.8) is 0 Å². The molecule has 2 amide bonds. The molecule has 0 spiro atoms. The van der Waals surface area contributed by atoms with Crippen LogP contribution in [0.25, 0.3) is 0 Å². The number of amides is 2. The molecule has 6 nitrogen and oxygen atoms in total. The minimum Gasteiger partial charge on any atom is -0.398 e. The van der Waals surface area contributed by atoms with E-state index in [0.717, 1.165) is 5.56 Å². The molecular formula is C15H21N3O3. The zero-order chi connectivity index (χ0) is 15.4. The van der Waals surface area contributed by atoms with Crippen LogP contribution in [-0.4, -0.2) is 49.1 Å². The highest BCUT2D eigenvalue weighted by Gasteiger charge is 2.34. The number of carbonyl (C=O) groups excluding carboxylic acids is 2. The topological polar surface area (TPSA) is 84.7 Å². The molecule has 6 heteroatoms. The van der Waals surface area contributed by atoms with Gasteiger partial charge >= 0.3 is 0 Å². The highest BCUT2D eigenvalue weighted by atomic mass is 16.5. The van der Waals surface area contributed by atoms with E-state index in [9.17, 15) is 9.59 Å². The fourth-order valence-electron chi connectivity index (χ4n) is 2.48. The predicted octanol–water partition coefficient (Wildman–Crippen LogP) is 0.554. The minimum atomic E-state index is -0.606. The number of aryl methyl sites for hydroxylation is 1. The summed E-state index contributed by atoms with van der Waals surface area (Å²) in [6.45, 7) is 5.22. The van der Waals surface area contributed by atoms with Gasteiger partial charge in [0.1, 0.15) is 6.04 Å². The zero-order valence-electron chi connectivity index (χ0n) is 12.4. The number of carbonyl (C=O) groups is 2. The molecule has 1 aliphatic heterocycles. The number of hydrogen-bond acceptors (Lipinski definition) is 4. The fourth-order valence-corrected chi connectivity index (χ4v) is 2.48. The normalized spacial score (nSPS) is 18.4. The van der Waals surface area contributed by atoms with Gasteiger partial charge in [0, 0.05) is 18.8 Å².